The van der Waals surface area contributed by atoms with Crippen LogP contribution >= 0.6 is 27.7 Å². The predicted octanol–water partition coefficient (Wildman–Crippen LogP) is 3.88. The Bertz CT molecular complexity index is 1830. The summed E-state index contributed by atoms with van der Waals surface area (Å²) in [5.74, 6) is -1.85. The Hall–Kier alpha value is -5.75. The van der Waals surface area contributed by atoms with Gasteiger partial charge in [-0.25, -0.2) is 9.59 Å². The van der Waals surface area contributed by atoms with E-state index in [1.165, 1.54) is 45.6 Å². The molecule has 0 radical (unpaired) electrons. The smallest absolute Gasteiger partial charge is 0.415 e. The lowest BCUT2D eigenvalue weighted by Crippen LogP contribution is -2.70. The number of amides is 3. The van der Waals surface area contributed by atoms with Gasteiger partial charge < -0.3 is 38.8 Å². The highest BCUT2D eigenvalue weighted by Crippen LogP contribution is 2.35. The molecule has 1 saturated heterocycles. The summed E-state index contributed by atoms with van der Waals surface area (Å²) in [7, 11) is 4.41. The molecule has 3 aromatic rings. The van der Waals surface area contributed by atoms with Crippen molar-refractivity contribution in [1.82, 2.24) is 10.2 Å². The highest BCUT2D eigenvalue weighted by atomic mass is 79.9. The zero-order valence-corrected chi connectivity index (χ0v) is 30.9. The maximum atomic E-state index is 13.5. The standard InChI is InChI=1S/C35H34BrN3O13S/c1-47-24-9-7-21(8-10-24)17-51-35(46)38(23-5-4-6-25(13-23)52-19-40)16-29(43)37-30-32(44)39(33(30)53-20-41)31(28(42)15-36)34(45)50-18-22-11-26(48-2)14-27(12-22)49-3/h4-14,19-20,30,33,42H,15-18H2,1-3H3,(H,37,43). The Labute approximate surface area is 316 Å². The molecule has 0 saturated carbocycles. The second kappa shape index (κ2) is 19.2. The van der Waals surface area contributed by atoms with Crippen LogP contribution in [0.2, 0.25) is 0 Å². The van der Waals surface area contributed by atoms with Gasteiger partial charge in [-0.15, -0.1) is 0 Å². The van der Waals surface area contributed by atoms with Crippen LogP contribution in [0.4, 0.5) is 10.5 Å². The predicted molar refractivity (Wildman–Crippen MR) is 193 cm³/mol. The van der Waals surface area contributed by atoms with E-state index in [1.807, 2.05) is 0 Å². The number of alkyl halides is 1. The van der Waals surface area contributed by atoms with E-state index in [-0.39, 0.29) is 36.5 Å². The highest BCUT2D eigenvalue weighted by molar-refractivity contribution is 9.09. The molecule has 0 aromatic heterocycles. The van der Waals surface area contributed by atoms with Crippen LogP contribution < -0.4 is 29.2 Å². The lowest BCUT2D eigenvalue weighted by atomic mass is 10.0. The van der Waals surface area contributed by atoms with Crippen molar-refractivity contribution in [3.8, 4) is 23.0 Å². The molecule has 3 amide bonds. The van der Waals surface area contributed by atoms with E-state index in [0.717, 1.165) is 9.80 Å². The Kier molecular flexibility index (Phi) is 14.5. The quantitative estimate of drug-likeness (QED) is 0.0469. The summed E-state index contributed by atoms with van der Waals surface area (Å²) < 4.78 is 31.4. The molecule has 1 fully saturated rings. The van der Waals surface area contributed by atoms with Crippen molar-refractivity contribution in [2.24, 2.45) is 0 Å². The Morgan fingerprint density at radius 2 is 1.55 bits per heavy atom. The van der Waals surface area contributed by atoms with Crippen LogP contribution in [0.5, 0.6) is 23.0 Å². The minimum absolute atomic E-state index is 0.0708. The number of halogens is 1. The number of thioether (sulfide) groups is 1. The van der Waals surface area contributed by atoms with Crippen molar-refractivity contribution in [3.63, 3.8) is 0 Å². The number of nitrogens with zero attached hydrogens (tertiary/aromatic N) is 2. The molecule has 0 bridgehead atoms. The van der Waals surface area contributed by atoms with Crippen molar-refractivity contribution in [3.05, 3.63) is 89.3 Å². The first-order valence-corrected chi connectivity index (χ1v) is 17.5. The van der Waals surface area contributed by atoms with Gasteiger partial charge in [0.2, 0.25) is 5.91 Å². The average molecular weight is 817 g/mol. The third-order valence-corrected chi connectivity index (χ3v) is 8.93. The van der Waals surface area contributed by atoms with Gasteiger partial charge in [0.15, 0.2) is 11.3 Å². The second-order valence-electron chi connectivity index (χ2n) is 10.8. The van der Waals surface area contributed by atoms with Gasteiger partial charge in [0, 0.05) is 12.1 Å². The van der Waals surface area contributed by atoms with Crippen molar-refractivity contribution in [2.75, 3.05) is 38.1 Å². The summed E-state index contributed by atoms with van der Waals surface area (Å²) in [6.45, 7) is -0.968. The van der Waals surface area contributed by atoms with Crippen LogP contribution in [0.3, 0.4) is 0 Å². The van der Waals surface area contributed by atoms with Crippen molar-refractivity contribution < 1.29 is 62.3 Å². The number of carbonyl (C=O) groups is 6. The normalized spacial score (nSPS) is 15.2. The number of anilines is 1. The lowest BCUT2D eigenvalue weighted by Gasteiger charge is -2.46. The number of hydrogen-bond donors (Lipinski definition) is 2. The van der Waals surface area contributed by atoms with Crippen molar-refractivity contribution >= 4 is 69.3 Å². The van der Waals surface area contributed by atoms with Gasteiger partial charge in [0.1, 0.15) is 59.9 Å². The fourth-order valence-electron chi connectivity index (χ4n) is 4.97. The number of β-lactam (4-membered cyclic amide) rings is 1. The van der Waals surface area contributed by atoms with Crippen LogP contribution in [0.1, 0.15) is 11.1 Å². The van der Waals surface area contributed by atoms with E-state index in [4.69, 9.17) is 28.4 Å². The van der Waals surface area contributed by atoms with E-state index in [2.05, 4.69) is 21.2 Å². The van der Waals surface area contributed by atoms with Gasteiger partial charge in [0.05, 0.1) is 32.3 Å². The Morgan fingerprint density at radius 3 is 2.15 bits per heavy atom. The third-order valence-electron chi connectivity index (χ3n) is 7.53. The number of allylic oxidation sites excluding steroid dienone is 1. The van der Waals surface area contributed by atoms with E-state index in [9.17, 15) is 33.9 Å². The molecule has 2 atom stereocenters. The van der Waals surface area contributed by atoms with E-state index in [0.29, 0.717) is 45.8 Å². The molecule has 18 heteroatoms. The molecule has 1 aliphatic rings. The Balaban J connectivity index is 1.51. The number of benzene rings is 3. The number of nitrogens with one attached hydrogen (secondary N) is 1. The van der Waals surface area contributed by atoms with Gasteiger partial charge in [0.25, 0.3) is 12.4 Å². The number of rotatable bonds is 18. The maximum absolute atomic E-state index is 13.5. The van der Waals surface area contributed by atoms with Gasteiger partial charge in [-0.1, -0.05) is 45.9 Å². The first-order valence-electron chi connectivity index (χ1n) is 15.4. The van der Waals surface area contributed by atoms with Crippen molar-refractivity contribution in [2.45, 2.75) is 24.6 Å². The van der Waals surface area contributed by atoms with E-state index in [1.54, 1.807) is 42.5 Å². The SMILES string of the molecule is COc1ccc(COC(=O)N(CC(=O)NC2C(=O)N(C(C(=O)OCc3cc(OC)cc(OC)c3)=C(O)CBr)C2SC=O)c2cccc(OC=O)c2)cc1. The fraction of sp³-hybridized carbons (Fsp3) is 0.257. The monoisotopic (exact) mass is 815 g/mol. The van der Waals surface area contributed by atoms with Gasteiger partial charge in [-0.2, -0.15) is 0 Å². The van der Waals surface area contributed by atoms with E-state index >= 15 is 0 Å². The molecule has 2 unspecified atom stereocenters. The molecular formula is C35H34BrN3O13S. The summed E-state index contributed by atoms with van der Waals surface area (Å²) in [6, 6.07) is 15.9. The number of likely N-dealkylation sites (tertiary alicyclic amines) is 1. The molecule has 3 aromatic carbocycles. The molecule has 0 aliphatic carbocycles. The van der Waals surface area contributed by atoms with Gasteiger partial charge in [-0.05, 0) is 47.5 Å². The van der Waals surface area contributed by atoms with Gasteiger partial charge >= 0.3 is 12.1 Å². The lowest BCUT2D eigenvalue weighted by molar-refractivity contribution is -0.153. The van der Waals surface area contributed by atoms with Gasteiger partial charge in [-0.3, -0.25) is 29.0 Å². The molecule has 280 valence electrons. The van der Waals surface area contributed by atoms with Crippen LogP contribution in [-0.2, 0) is 46.7 Å². The number of carbonyl (C=O) groups excluding carboxylic acids is 6. The minimum atomic E-state index is -1.37. The van der Waals surface area contributed by atoms with Crippen LogP contribution in [0.25, 0.3) is 0 Å². The first-order chi connectivity index (χ1) is 25.6. The topological polar surface area (TPSA) is 197 Å². The summed E-state index contributed by atoms with van der Waals surface area (Å²) in [5, 5.41) is 11.7. The Morgan fingerprint density at radius 1 is 0.887 bits per heavy atom. The number of aliphatic hydroxyl groups is 1. The molecule has 1 heterocycles. The number of esters is 1. The second-order valence-corrected chi connectivity index (χ2v) is 12.3. The highest BCUT2D eigenvalue weighted by Gasteiger charge is 2.53. The van der Waals surface area contributed by atoms with Crippen LogP contribution in [0.15, 0.2) is 78.2 Å². The molecule has 0 spiro atoms. The summed E-state index contributed by atoms with van der Waals surface area (Å²) in [6.07, 6.45) is -0.955. The molecule has 2 N–H and O–H groups in total. The first kappa shape index (κ1) is 40.0. The minimum Gasteiger partial charge on any atom is -0.509 e. The maximum Gasteiger partial charge on any atom is 0.415 e. The average Bonchev–Trinajstić information content (AvgIpc) is 3.18. The zero-order chi connectivity index (χ0) is 38.5. The molecule has 1 aliphatic heterocycles. The molecule has 4 rings (SSSR count). The van der Waals surface area contributed by atoms with E-state index < -0.39 is 53.3 Å². The molecule has 16 nitrogen and oxygen atoms in total. The number of aliphatic hydroxyl groups excluding tert-OH is 1. The summed E-state index contributed by atoms with van der Waals surface area (Å²) >= 11 is 3.63. The zero-order valence-electron chi connectivity index (χ0n) is 28.5. The fourth-order valence-corrected chi connectivity index (χ4v) is 6.02. The number of hydrogen-bond acceptors (Lipinski definition) is 14. The third kappa shape index (κ3) is 10.2. The largest absolute Gasteiger partial charge is 0.509 e. The summed E-state index contributed by atoms with van der Waals surface area (Å²) in [4.78, 5) is 78.1. The van der Waals surface area contributed by atoms with Crippen LogP contribution in [-0.4, -0.2) is 90.6 Å². The number of ether oxygens (including phenoxy) is 6. The number of methoxy groups -OCH3 is 3. The summed E-state index contributed by atoms with van der Waals surface area (Å²) in [5.41, 5.74) is 1.06. The van der Waals surface area contributed by atoms with Crippen LogP contribution in [0, 0.1) is 0 Å². The molecular weight excluding hydrogens is 782 g/mol. The van der Waals surface area contributed by atoms with Crippen molar-refractivity contribution in [1.29, 1.82) is 0 Å². The molecule has 53 heavy (non-hydrogen) atoms.